The van der Waals surface area contributed by atoms with Crippen LogP contribution in [0.3, 0.4) is 0 Å². The maximum Gasteiger partial charge on any atom is 0.306 e. The summed E-state index contributed by atoms with van der Waals surface area (Å²) in [5.74, 6) is -0.713. The van der Waals surface area contributed by atoms with E-state index in [1.54, 1.807) is 0 Å². The van der Waals surface area contributed by atoms with Gasteiger partial charge < -0.3 is 9.84 Å². The first kappa shape index (κ1) is 30.7. The molecule has 0 rings (SSSR count). The lowest BCUT2D eigenvalue weighted by atomic mass is 10.0. The van der Waals surface area contributed by atoms with Crippen molar-refractivity contribution in [2.24, 2.45) is 0 Å². The molecule has 0 heterocycles. The van der Waals surface area contributed by atoms with E-state index in [0.29, 0.717) is 6.42 Å². The maximum atomic E-state index is 12.3. The second kappa shape index (κ2) is 24.3. The molecule has 0 saturated carbocycles. The van der Waals surface area contributed by atoms with Gasteiger partial charge in [0.2, 0.25) is 0 Å². The summed E-state index contributed by atoms with van der Waals surface area (Å²) in [5, 5.41) is 8.66. The van der Waals surface area contributed by atoms with E-state index in [4.69, 9.17) is 9.84 Å². The number of hydrogen-bond donors (Lipinski definition) is 1. The van der Waals surface area contributed by atoms with E-state index >= 15 is 0 Å². The first-order chi connectivity index (χ1) is 15.6. The van der Waals surface area contributed by atoms with Crippen molar-refractivity contribution in [1.29, 1.82) is 0 Å². The van der Waals surface area contributed by atoms with Crippen molar-refractivity contribution in [2.75, 3.05) is 0 Å². The van der Waals surface area contributed by atoms with Crippen molar-refractivity contribution in [2.45, 2.75) is 155 Å². The summed E-state index contributed by atoms with van der Waals surface area (Å²) in [6.45, 7) is 4.41. The molecular weight excluding hydrogens is 400 g/mol. The molecule has 0 aliphatic rings. The fourth-order valence-corrected chi connectivity index (χ4v) is 3.91. The van der Waals surface area contributed by atoms with E-state index in [-0.39, 0.29) is 18.5 Å². The summed E-state index contributed by atoms with van der Waals surface area (Å²) >= 11 is 0. The predicted molar refractivity (Wildman–Crippen MR) is 135 cm³/mol. The molecule has 0 fully saturated rings. The van der Waals surface area contributed by atoms with E-state index in [1.165, 1.54) is 44.9 Å². The van der Waals surface area contributed by atoms with E-state index in [9.17, 15) is 9.59 Å². The molecule has 0 bridgehead atoms. The van der Waals surface area contributed by atoms with Crippen molar-refractivity contribution >= 4 is 11.9 Å². The zero-order valence-electron chi connectivity index (χ0n) is 21.3. The van der Waals surface area contributed by atoms with Gasteiger partial charge in [0.05, 0.1) is 0 Å². The number of carboxylic acids is 1. The quantitative estimate of drug-likeness (QED) is 0.0902. The van der Waals surface area contributed by atoms with Gasteiger partial charge in [-0.25, -0.2) is 0 Å². The molecule has 188 valence electrons. The lowest BCUT2D eigenvalue weighted by molar-refractivity contribution is -0.150. The molecule has 1 N–H and O–H groups in total. The van der Waals surface area contributed by atoms with Crippen LogP contribution in [0.5, 0.6) is 0 Å². The van der Waals surface area contributed by atoms with Gasteiger partial charge in [0.15, 0.2) is 0 Å². The minimum absolute atomic E-state index is 0.0152. The first-order valence-corrected chi connectivity index (χ1v) is 13.7. The van der Waals surface area contributed by atoms with Gasteiger partial charge in [-0.1, -0.05) is 96.6 Å². The molecule has 4 nitrogen and oxygen atoms in total. The molecule has 0 aromatic rings. The molecular formula is C28H52O4. The SMILES string of the molecule is CCCC/C=C\CCCCCCCC(=O)OC(CCCC)CCCCCCCCC(=O)O. The Balaban J connectivity index is 3.75. The molecule has 0 radical (unpaired) electrons. The molecule has 0 aliphatic carbocycles. The Hall–Kier alpha value is -1.32. The van der Waals surface area contributed by atoms with Crippen molar-refractivity contribution in [1.82, 2.24) is 0 Å². The van der Waals surface area contributed by atoms with Gasteiger partial charge in [-0.3, -0.25) is 9.59 Å². The topological polar surface area (TPSA) is 63.6 Å². The van der Waals surface area contributed by atoms with E-state index in [2.05, 4.69) is 26.0 Å². The van der Waals surface area contributed by atoms with Crippen LogP contribution in [-0.4, -0.2) is 23.1 Å². The highest BCUT2D eigenvalue weighted by Gasteiger charge is 2.13. The smallest absolute Gasteiger partial charge is 0.306 e. The number of aliphatic carboxylic acids is 1. The third kappa shape index (κ3) is 23.3. The number of unbranched alkanes of at least 4 members (excludes halogenated alkanes) is 13. The number of hydrogen-bond acceptors (Lipinski definition) is 3. The van der Waals surface area contributed by atoms with Crippen molar-refractivity contribution in [3.8, 4) is 0 Å². The summed E-state index contributed by atoms with van der Waals surface area (Å²) < 4.78 is 5.80. The van der Waals surface area contributed by atoms with Crippen LogP contribution in [0.2, 0.25) is 0 Å². The van der Waals surface area contributed by atoms with Gasteiger partial charge in [0.25, 0.3) is 0 Å². The number of rotatable bonds is 24. The average Bonchev–Trinajstić information content (AvgIpc) is 2.77. The minimum Gasteiger partial charge on any atom is -0.481 e. The van der Waals surface area contributed by atoms with Crippen LogP contribution < -0.4 is 0 Å². The van der Waals surface area contributed by atoms with Gasteiger partial charge in [-0.2, -0.15) is 0 Å². The molecule has 0 aliphatic heterocycles. The largest absolute Gasteiger partial charge is 0.481 e. The van der Waals surface area contributed by atoms with Crippen LogP contribution in [0.4, 0.5) is 0 Å². The average molecular weight is 453 g/mol. The fourth-order valence-electron chi connectivity index (χ4n) is 3.91. The van der Waals surface area contributed by atoms with E-state index < -0.39 is 5.97 Å². The molecule has 32 heavy (non-hydrogen) atoms. The summed E-state index contributed by atoms with van der Waals surface area (Å²) in [4.78, 5) is 22.8. The lowest BCUT2D eigenvalue weighted by Gasteiger charge is -2.18. The number of carbonyl (C=O) groups excluding carboxylic acids is 1. The Morgan fingerprint density at radius 1 is 0.656 bits per heavy atom. The summed E-state index contributed by atoms with van der Waals surface area (Å²) in [5.41, 5.74) is 0. The Morgan fingerprint density at radius 2 is 1.16 bits per heavy atom. The van der Waals surface area contributed by atoms with E-state index in [1.807, 2.05) is 0 Å². The maximum absolute atomic E-state index is 12.3. The Labute approximate surface area is 198 Å². The number of carboxylic acid groups (broad SMARTS) is 1. The van der Waals surface area contributed by atoms with Crippen molar-refractivity contribution in [3.05, 3.63) is 12.2 Å². The number of ether oxygens (including phenoxy) is 1. The van der Waals surface area contributed by atoms with Crippen molar-refractivity contribution in [3.63, 3.8) is 0 Å². The monoisotopic (exact) mass is 452 g/mol. The van der Waals surface area contributed by atoms with Crippen LogP contribution >= 0.6 is 0 Å². The zero-order valence-corrected chi connectivity index (χ0v) is 21.3. The van der Waals surface area contributed by atoms with Crippen LogP contribution in [0.1, 0.15) is 149 Å². The standard InChI is InChI=1S/C28H52O4/c1-3-5-7-8-9-10-11-12-13-18-21-25-28(31)32-26(22-6-4-2)23-19-16-14-15-17-20-24-27(29)30/h8-9,26H,3-7,10-25H2,1-2H3,(H,29,30)/b9-8-. The molecule has 1 unspecified atom stereocenters. The third-order valence-electron chi connectivity index (χ3n) is 5.99. The van der Waals surface area contributed by atoms with Gasteiger partial charge in [0, 0.05) is 12.8 Å². The number of carbonyl (C=O) groups is 2. The normalized spacial score (nSPS) is 12.3. The molecule has 0 saturated heterocycles. The molecule has 4 heteroatoms. The van der Waals surface area contributed by atoms with Gasteiger partial charge >= 0.3 is 11.9 Å². The Bertz CT molecular complexity index is 458. The van der Waals surface area contributed by atoms with E-state index in [0.717, 1.165) is 77.0 Å². The molecule has 1 atom stereocenters. The first-order valence-electron chi connectivity index (χ1n) is 13.7. The second-order valence-electron chi connectivity index (χ2n) is 9.23. The highest BCUT2D eigenvalue weighted by atomic mass is 16.5. The lowest BCUT2D eigenvalue weighted by Crippen LogP contribution is -2.18. The van der Waals surface area contributed by atoms with Gasteiger partial charge in [0.1, 0.15) is 6.10 Å². The second-order valence-corrected chi connectivity index (χ2v) is 9.23. The van der Waals surface area contributed by atoms with Crippen LogP contribution in [-0.2, 0) is 14.3 Å². The molecule has 0 amide bonds. The minimum atomic E-state index is -0.698. The molecule has 0 spiro atoms. The molecule has 0 aromatic carbocycles. The Kier molecular flexibility index (Phi) is 23.3. The highest BCUT2D eigenvalue weighted by Crippen LogP contribution is 2.17. The summed E-state index contributed by atoms with van der Waals surface area (Å²) in [6.07, 6.45) is 26.7. The number of allylic oxidation sites excluding steroid dienone is 2. The van der Waals surface area contributed by atoms with Gasteiger partial charge in [-0.05, 0) is 51.4 Å². The zero-order chi connectivity index (χ0) is 23.7. The summed E-state index contributed by atoms with van der Waals surface area (Å²) in [7, 11) is 0. The van der Waals surface area contributed by atoms with Gasteiger partial charge in [-0.15, -0.1) is 0 Å². The Morgan fingerprint density at radius 3 is 1.78 bits per heavy atom. The fraction of sp³-hybridized carbons (Fsp3) is 0.857. The van der Waals surface area contributed by atoms with Crippen LogP contribution in [0.15, 0.2) is 12.2 Å². The molecule has 0 aromatic heterocycles. The van der Waals surface area contributed by atoms with Crippen molar-refractivity contribution < 1.29 is 19.4 Å². The van der Waals surface area contributed by atoms with Crippen LogP contribution in [0, 0.1) is 0 Å². The highest BCUT2D eigenvalue weighted by molar-refractivity contribution is 5.69. The number of esters is 1. The third-order valence-corrected chi connectivity index (χ3v) is 5.99. The predicted octanol–water partition coefficient (Wildman–Crippen LogP) is 8.77. The van der Waals surface area contributed by atoms with Crippen LogP contribution in [0.25, 0.3) is 0 Å². The summed E-state index contributed by atoms with van der Waals surface area (Å²) in [6, 6.07) is 0.